The third-order valence-electron chi connectivity index (χ3n) is 7.71. The number of amides is 1. The summed E-state index contributed by atoms with van der Waals surface area (Å²) >= 11 is 0. The van der Waals surface area contributed by atoms with E-state index in [1.54, 1.807) is 30.3 Å². The molecule has 2 bridgehead atoms. The van der Waals surface area contributed by atoms with E-state index in [0.29, 0.717) is 35.8 Å². The quantitative estimate of drug-likeness (QED) is 0.278. The summed E-state index contributed by atoms with van der Waals surface area (Å²) in [4.78, 5) is 24.4. The Balaban J connectivity index is 1.33. The van der Waals surface area contributed by atoms with Crippen LogP contribution in [0.5, 0.6) is 0 Å². The Hall–Kier alpha value is -4.13. The second-order valence-electron chi connectivity index (χ2n) is 12.2. The van der Waals surface area contributed by atoms with Crippen molar-refractivity contribution < 1.29 is 17.9 Å². The number of rotatable bonds is 6. The minimum atomic E-state index is -3.92. The van der Waals surface area contributed by atoms with Crippen molar-refractivity contribution in [3.63, 3.8) is 0 Å². The average Bonchev–Trinajstić information content (AvgIpc) is 3.59. The maximum Gasteiger partial charge on any atom is 0.410 e. The van der Waals surface area contributed by atoms with Gasteiger partial charge in [0.25, 0.3) is 10.0 Å². The lowest BCUT2D eigenvalue weighted by Gasteiger charge is -2.39. The van der Waals surface area contributed by atoms with E-state index in [1.165, 1.54) is 10.2 Å². The number of fused-ring (bicyclic) bond motifs is 3. The SMILES string of the molecule is Cc1ccc(S(=O)(=O)n2ccc3c(Nc4cc(C)[nH]n4)nc(NC4C[C@H]5CC[C@@H](C4)N5C(=O)OC(C)(C)C)nc32)cc1. The number of nitrogens with one attached hydrogen (secondary N) is 3. The molecule has 1 amide bonds. The monoisotopic (exact) mass is 592 g/mol. The van der Waals surface area contributed by atoms with Crippen molar-refractivity contribution in [2.45, 2.75) is 88.9 Å². The Morgan fingerprint density at radius 3 is 2.36 bits per heavy atom. The third-order valence-corrected chi connectivity index (χ3v) is 9.39. The molecule has 2 aliphatic rings. The molecule has 222 valence electrons. The van der Waals surface area contributed by atoms with Gasteiger partial charge in [0, 0.05) is 36.1 Å². The van der Waals surface area contributed by atoms with Crippen LogP contribution in [0.25, 0.3) is 11.0 Å². The number of carbonyl (C=O) groups excluding carboxylic acids is 1. The molecule has 1 unspecified atom stereocenters. The predicted octanol–water partition coefficient (Wildman–Crippen LogP) is 5.09. The molecule has 13 heteroatoms. The smallest absolute Gasteiger partial charge is 0.410 e. The van der Waals surface area contributed by atoms with E-state index in [-0.39, 0.29) is 34.8 Å². The first kappa shape index (κ1) is 28.0. The third kappa shape index (κ3) is 5.40. The minimum absolute atomic E-state index is 0.00349. The predicted molar refractivity (Wildman–Crippen MR) is 159 cm³/mol. The van der Waals surface area contributed by atoms with Gasteiger partial charge in [-0.15, -0.1) is 0 Å². The second kappa shape index (κ2) is 10.3. The molecule has 1 aromatic carbocycles. The summed E-state index contributed by atoms with van der Waals surface area (Å²) in [5.74, 6) is 1.28. The number of anilines is 3. The second-order valence-corrected chi connectivity index (χ2v) is 14.0. The number of carbonyl (C=O) groups is 1. The van der Waals surface area contributed by atoms with Crippen molar-refractivity contribution in [1.29, 1.82) is 0 Å². The Bertz CT molecular complexity index is 1730. The Kier molecular flexibility index (Phi) is 6.87. The number of hydrogen-bond donors (Lipinski definition) is 3. The number of aromatic nitrogens is 5. The number of ether oxygens (including phenoxy) is 1. The lowest BCUT2D eigenvalue weighted by Crippen LogP contribution is -2.51. The summed E-state index contributed by atoms with van der Waals surface area (Å²) in [5.41, 5.74) is 1.52. The van der Waals surface area contributed by atoms with Crippen LogP contribution < -0.4 is 10.6 Å². The van der Waals surface area contributed by atoms with Crippen LogP contribution in [0.2, 0.25) is 0 Å². The van der Waals surface area contributed by atoms with E-state index in [2.05, 4.69) is 20.8 Å². The van der Waals surface area contributed by atoms with E-state index in [1.807, 2.05) is 45.6 Å². The van der Waals surface area contributed by atoms with Gasteiger partial charge in [0.1, 0.15) is 11.4 Å². The minimum Gasteiger partial charge on any atom is -0.444 e. The van der Waals surface area contributed by atoms with Gasteiger partial charge in [0.15, 0.2) is 11.5 Å². The Morgan fingerprint density at radius 2 is 1.74 bits per heavy atom. The first-order valence-corrected chi connectivity index (χ1v) is 15.6. The van der Waals surface area contributed by atoms with Crippen LogP contribution in [0.4, 0.5) is 22.4 Å². The zero-order valence-electron chi connectivity index (χ0n) is 24.4. The summed E-state index contributed by atoms with van der Waals surface area (Å²) in [7, 11) is -3.92. The molecule has 3 N–H and O–H groups in total. The summed E-state index contributed by atoms with van der Waals surface area (Å²) in [5, 5.41) is 14.4. The first-order chi connectivity index (χ1) is 19.9. The van der Waals surface area contributed by atoms with Crippen molar-refractivity contribution in [3.8, 4) is 0 Å². The summed E-state index contributed by atoms with van der Waals surface area (Å²) in [6.07, 6.45) is 4.46. The molecule has 0 spiro atoms. The number of aromatic amines is 1. The average molecular weight is 593 g/mol. The molecule has 0 aliphatic carbocycles. The number of nitrogens with zero attached hydrogens (tertiary/aromatic N) is 5. The van der Waals surface area contributed by atoms with Crippen molar-refractivity contribution in [1.82, 2.24) is 29.0 Å². The van der Waals surface area contributed by atoms with Gasteiger partial charge < -0.3 is 20.3 Å². The zero-order valence-corrected chi connectivity index (χ0v) is 25.2. The standard InChI is InChI=1S/C29H36N8O4S/c1-17-6-10-22(11-7-17)42(39,40)36-13-12-23-25(31-24-14-18(2)34-35-24)32-27(33-26(23)36)30-19-15-20-8-9-21(16-19)37(20)28(38)41-29(3,4)5/h6-7,10-14,19-21H,8-9,15-16H2,1-5H3,(H3,30,31,32,33,34,35)/t19?,20-,21+. The van der Waals surface area contributed by atoms with Gasteiger partial charge in [0.2, 0.25) is 5.95 Å². The topological polar surface area (TPSA) is 147 Å². The Morgan fingerprint density at radius 1 is 1.05 bits per heavy atom. The fraction of sp³-hybridized carbons (Fsp3) is 0.448. The van der Waals surface area contributed by atoms with Gasteiger partial charge in [-0.2, -0.15) is 15.1 Å². The van der Waals surface area contributed by atoms with Crippen LogP contribution in [-0.4, -0.2) is 67.3 Å². The molecule has 2 saturated heterocycles. The molecule has 2 fully saturated rings. The van der Waals surface area contributed by atoms with Crippen LogP contribution in [-0.2, 0) is 14.8 Å². The van der Waals surface area contributed by atoms with Gasteiger partial charge in [0.05, 0.1) is 10.3 Å². The maximum absolute atomic E-state index is 13.7. The van der Waals surface area contributed by atoms with Crippen LogP contribution in [0.1, 0.15) is 57.7 Å². The van der Waals surface area contributed by atoms with Crippen molar-refractivity contribution in [2.24, 2.45) is 0 Å². The molecule has 0 radical (unpaired) electrons. The van der Waals surface area contributed by atoms with Gasteiger partial charge in [-0.3, -0.25) is 5.10 Å². The fourth-order valence-electron chi connectivity index (χ4n) is 5.86. The molecule has 3 aromatic heterocycles. The Labute approximate surface area is 244 Å². The molecular formula is C29H36N8O4S. The lowest BCUT2D eigenvalue weighted by atomic mass is 9.98. The number of piperidine rings is 1. The van der Waals surface area contributed by atoms with E-state index >= 15 is 0 Å². The van der Waals surface area contributed by atoms with E-state index in [0.717, 1.165) is 24.1 Å². The molecule has 2 aliphatic heterocycles. The van der Waals surface area contributed by atoms with Crippen LogP contribution in [0, 0.1) is 13.8 Å². The molecule has 12 nitrogen and oxygen atoms in total. The largest absolute Gasteiger partial charge is 0.444 e. The van der Waals surface area contributed by atoms with Crippen molar-refractivity contribution >= 4 is 44.7 Å². The zero-order chi connectivity index (χ0) is 29.8. The van der Waals surface area contributed by atoms with Crippen molar-refractivity contribution in [2.75, 3.05) is 10.6 Å². The molecular weight excluding hydrogens is 556 g/mol. The molecule has 6 rings (SSSR count). The van der Waals surface area contributed by atoms with E-state index in [9.17, 15) is 13.2 Å². The normalized spacial score (nSPS) is 20.6. The van der Waals surface area contributed by atoms with Gasteiger partial charge in [-0.1, -0.05) is 17.7 Å². The van der Waals surface area contributed by atoms with Gasteiger partial charge >= 0.3 is 6.09 Å². The number of aryl methyl sites for hydroxylation is 2. The summed E-state index contributed by atoms with van der Waals surface area (Å²) < 4.78 is 34.2. The molecule has 42 heavy (non-hydrogen) atoms. The highest BCUT2D eigenvalue weighted by atomic mass is 32.2. The maximum atomic E-state index is 13.7. The molecule has 5 heterocycles. The lowest BCUT2D eigenvalue weighted by molar-refractivity contribution is 0.00681. The number of hydrogen-bond acceptors (Lipinski definition) is 9. The van der Waals surface area contributed by atoms with Crippen LogP contribution in [0.15, 0.2) is 47.5 Å². The first-order valence-electron chi connectivity index (χ1n) is 14.2. The number of benzene rings is 1. The highest BCUT2D eigenvalue weighted by Gasteiger charge is 2.45. The highest BCUT2D eigenvalue weighted by Crippen LogP contribution is 2.38. The molecule has 0 saturated carbocycles. The fourth-order valence-corrected chi connectivity index (χ4v) is 7.16. The number of H-pyrrole nitrogens is 1. The van der Waals surface area contributed by atoms with Gasteiger partial charge in [-0.05, 0) is 78.5 Å². The highest BCUT2D eigenvalue weighted by molar-refractivity contribution is 7.90. The van der Waals surface area contributed by atoms with Crippen LogP contribution in [0.3, 0.4) is 0 Å². The summed E-state index contributed by atoms with van der Waals surface area (Å²) in [6.45, 7) is 9.42. The molecule has 4 aromatic rings. The van der Waals surface area contributed by atoms with E-state index < -0.39 is 15.6 Å². The van der Waals surface area contributed by atoms with Crippen molar-refractivity contribution in [3.05, 3.63) is 53.9 Å². The molecule has 3 atom stereocenters. The van der Waals surface area contributed by atoms with Gasteiger partial charge in [-0.25, -0.2) is 17.2 Å². The van der Waals surface area contributed by atoms with Crippen LogP contribution >= 0.6 is 0 Å². The van der Waals surface area contributed by atoms with E-state index in [4.69, 9.17) is 14.7 Å². The summed E-state index contributed by atoms with van der Waals surface area (Å²) in [6, 6.07) is 10.4.